The molecule has 0 saturated heterocycles. The van der Waals surface area contributed by atoms with Gasteiger partial charge in [0.25, 0.3) is 0 Å². The standard InChI is InChI=1S/C7H16O6S2/c1-3-15(11,12)5-4-13-7(6-8)14(2,9)10/h7-8H,3-6H2,1-2H3. The SMILES string of the molecule is CCS(=O)(=O)CCOC(CO)S(C)(=O)=O. The van der Waals surface area contributed by atoms with Crippen molar-refractivity contribution in [2.24, 2.45) is 0 Å². The molecule has 0 aliphatic rings. The van der Waals surface area contributed by atoms with Crippen molar-refractivity contribution in [3.05, 3.63) is 0 Å². The zero-order chi connectivity index (χ0) is 12.1. The first kappa shape index (κ1) is 14.8. The first-order valence-electron chi connectivity index (χ1n) is 4.34. The van der Waals surface area contributed by atoms with Gasteiger partial charge in [-0.1, -0.05) is 6.92 Å². The molecule has 0 bridgehead atoms. The molecular formula is C7H16O6S2. The molecule has 0 spiro atoms. The van der Waals surface area contributed by atoms with Gasteiger partial charge >= 0.3 is 0 Å². The lowest BCUT2D eigenvalue weighted by Crippen LogP contribution is -2.29. The van der Waals surface area contributed by atoms with Gasteiger partial charge in [-0.15, -0.1) is 0 Å². The second-order valence-electron chi connectivity index (χ2n) is 3.05. The number of hydrogen-bond acceptors (Lipinski definition) is 6. The van der Waals surface area contributed by atoms with Crippen molar-refractivity contribution in [2.45, 2.75) is 12.4 Å². The van der Waals surface area contributed by atoms with Crippen LogP contribution in [-0.2, 0) is 24.4 Å². The summed E-state index contributed by atoms with van der Waals surface area (Å²) in [5.41, 5.74) is -1.34. The lowest BCUT2D eigenvalue weighted by atomic mass is 10.7. The van der Waals surface area contributed by atoms with Crippen LogP contribution in [0.3, 0.4) is 0 Å². The highest BCUT2D eigenvalue weighted by atomic mass is 32.2. The minimum atomic E-state index is -3.51. The van der Waals surface area contributed by atoms with Crippen LogP contribution in [0.1, 0.15) is 6.92 Å². The molecule has 8 heteroatoms. The van der Waals surface area contributed by atoms with E-state index in [-0.39, 0.29) is 18.1 Å². The number of rotatable bonds is 7. The number of sulfone groups is 2. The highest BCUT2D eigenvalue weighted by Crippen LogP contribution is 2.01. The number of aliphatic hydroxyl groups excluding tert-OH is 1. The molecule has 0 rings (SSSR count). The topological polar surface area (TPSA) is 97.7 Å². The molecule has 92 valence electrons. The molecule has 0 aliphatic heterocycles. The van der Waals surface area contributed by atoms with E-state index in [9.17, 15) is 16.8 Å². The lowest BCUT2D eigenvalue weighted by molar-refractivity contribution is 0.0720. The lowest BCUT2D eigenvalue weighted by Gasteiger charge is -2.12. The van der Waals surface area contributed by atoms with E-state index >= 15 is 0 Å². The van der Waals surface area contributed by atoms with E-state index < -0.39 is 31.7 Å². The van der Waals surface area contributed by atoms with Crippen molar-refractivity contribution in [3.8, 4) is 0 Å². The molecule has 1 unspecified atom stereocenters. The Hall–Kier alpha value is -0.180. The summed E-state index contributed by atoms with van der Waals surface area (Å²) in [4.78, 5) is 0. The monoisotopic (exact) mass is 260 g/mol. The number of ether oxygens (including phenoxy) is 1. The molecule has 0 heterocycles. The van der Waals surface area contributed by atoms with Crippen LogP contribution in [0.25, 0.3) is 0 Å². The Bertz CT molecular complexity index is 368. The summed E-state index contributed by atoms with van der Waals surface area (Å²) in [6.45, 7) is 0.592. The third-order valence-corrected chi connectivity index (χ3v) is 4.67. The molecule has 6 nitrogen and oxygen atoms in total. The highest BCUT2D eigenvalue weighted by Gasteiger charge is 2.20. The molecule has 1 N–H and O–H groups in total. The fourth-order valence-corrected chi connectivity index (χ4v) is 2.02. The second kappa shape index (κ2) is 5.78. The van der Waals surface area contributed by atoms with Gasteiger partial charge < -0.3 is 9.84 Å². The molecular weight excluding hydrogens is 244 g/mol. The van der Waals surface area contributed by atoms with E-state index in [1.54, 1.807) is 0 Å². The van der Waals surface area contributed by atoms with E-state index in [2.05, 4.69) is 0 Å². The van der Waals surface area contributed by atoms with Crippen molar-refractivity contribution in [2.75, 3.05) is 31.0 Å². The molecule has 0 aromatic rings. The summed E-state index contributed by atoms with van der Waals surface area (Å²) in [5, 5.41) is 8.69. The van der Waals surface area contributed by atoms with E-state index in [1.807, 2.05) is 0 Å². The fraction of sp³-hybridized carbons (Fsp3) is 1.00. The molecule has 0 radical (unpaired) electrons. The van der Waals surface area contributed by atoms with Gasteiger partial charge in [-0.05, 0) is 0 Å². The molecule has 0 aliphatic carbocycles. The van der Waals surface area contributed by atoms with Gasteiger partial charge in [-0.2, -0.15) is 0 Å². The minimum absolute atomic E-state index is 0.0149. The molecule has 1 atom stereocenters. The normalized spacial score (nSPS) is 15.1. The first-order valence-corrected chi connectivity index (χ1v) is 8.12. The van der Waals surface area contributed by atoms with Crippen molar-refractivity contribution < 1.29 is 26.7 Å². The molecule has 0 aromatic heterocycles. The van der Waals surface area contributed by atoms with E-state index in [1.165, 1.54) is 6.92 Å². The Labute approximate surface area is 90.1 Å². The Balaban J connectivity index is 4.17. The Kier molecular flexibility index (Phi) is 5.71. The maximum atomic E-state index is 11.0. The third kappa shape index (κ3) is 6.08. The van der Waals surface area contributed by atoms with Gasteiger partial charge in [0.05, 0.1) is 19.0 Å². The van der Waals surface area contributed by atoms with Gasteiger partial charge in [0.2, 0.25) is 0 Å². The van der Waals surface area contributed by atoms with Crippen molar-refractivity contribution in [1.82, 2.24) is 0 Å². The summed E-state index contributed by atoms with van der Waals surface area (Å²) in [6.07, 6.45) is 0.919. The summed E-state index contributed by atoms with van der Waals surface area (Å²) in [5.74, 6) is -0.255. The zero-order valence-corrected chi connectivity index (χ0v) is 10.3. The maximum Gasteiger partial charge on any atom is 0.181 e. The van der Waals surface area contributed by atoms with Gasteiger partial charge in [-0.3, -0.25) is 0 Å². The predicted molar refractivity (Wildman–Crippen MR) is 56.0 cm³/mol. The minimum Gasteiger partial charge on any atom is -0.393 e. The largest absolute Gasteiger partial charge is 0.393 e. The highest BCUT2D eigenvalue weighted by molar-refractivity contribution is 7.91. The fourth-order valence-electron chi connectivity index (χ4n) is 0.763. The molecule has 0 fully saturated rings. The predicted octanol–water partition coefficient (Wildman–Crippen LogP) is -1.20. The van der Waals surface area contributed by atoms with Crippen molar-refractivity contribution in [3.63, 3.8) is 0 Å². The van der Waals surface area contributed by atoms with Crippen LogP contribution in [0.5, 0.6) is 0 Å². The van der Waals surface area contributed by atoms with Crippen LogP contribution in [-0.4, -0.2) is 58.4 Å². The number of aliphatic hydroxyl groups is 1. The van der Waals surface area contributed by atoms with E-state index in [0.717, 1.165) is 6.26 Å². The Morgan fingerprint density at radius 2 is 1.80 bits per heavy atom. The van der Waals surface area contributed by atoms with Crippen LogP contribution in [0.2, 0.25) is 0 Å². The smallest absolute Gasteiger partial charge is 0.181 e. The Morgan fingerprint density at radius 1 is 1.27 bits per heavy atom. The maximum absolute atomic E-state index is 11.0. The van der Waals surface area contributed by atoms with Gasteiger partial charge in [0.15, 0.2) is 25.1 Å². The zero-order valence-electron chi connectivity index (χ0n) is 8.71. The summed E-state index contributed by atoms with van der Waals surface area (Å²) >= 11 is 0. The second-order valence-corrected chi connectivity index (χ2v) is 7.71. The molecule has 0 amide bonds. The van der Waals surface area contributed by atoms with Crippen LogP contribution in [0.15, 0.2) is 0 Å². The Morgan fingerprint density at radius 3 is 2.13 bits per heavy atom. The quantitative estimate of drug-likeness (QED) is 0.617. The average Bonchev–Trinajstić information content (AvgIpc) is 2.10. The average molecular weight is 260 g/mol. The van der Waals surface area contributed by atoms with Crippen molar-refractivity contribution in [1.29, 1.82) is 0 Å². The summed E-state index contributed by atoms with van der Waals surface area (Å²) < 4.78 is 48.7. The number of hydrogen-bond donors (Lipinski definition) is 1. The third-order valence-electron chi connectivity index (χ3n) is 1.76. The van der Waals surface area contributed by atoms with Gasteiger partial charge in [0, 0.05) is 12.0 Å². The summed E-state index contributed by atoms with van der Waals surface area (Å²) in [6, 6.07) is 0. The first-order chi connectivity index (χ1) is 6.73. The van der Waals surface area contributed by atoms with Crippen LogP contribution in [0, 0.1) is 0 Å². The van der Waals surface area contributed by atoms with Crippen LogP contribution in [0.4, 0.5) is 0 Å². The molecule has 0 aromatic carbocycles. The molecule has 15 heavy (non-hydrogen) atoms. The van der Waals surface area contributed by atoms with Gasteiger partial charge in [-0.25, -0.2) is 16.8 Å². The van der Waals surface area contributed by atoms with E-state index in [0.29, 0.717) is 0 Å². The summed E-state index contributed by atoms with van der Waals surface area (Å²) in [7, 11) is -6.68. The molecule has 0 saturated carbocycles. The van der Waals surface area contributed by atoms with Crippen molar-refractivity contribution >= 4 is 19.7 Å². The van der Waals surface area contributed by atoms with Crippen LogP contribution >= 0.6 is 0 Å². The van der Waals surface area contributed by atoms with E-state index in [4.69, 9.17) is 9.84 Å². The van der Waals surface area contributed by atoms with Gasteiger partial charge in [0.1, 0.15) is 0 Å². The van der Waals surface area contributed by atoms with Crippen LogP contribution < -0.4 is 0 Å².